The van der Waals surface area contributed by atoms with Crippen LogP contribution in [-0.2, 0) is 0 Å². The van der Waals surface area contributed by atoms with E-state index in [2.05, 4.69) is 12.1 Å². The van der Waals surface area contributed by atoms with Crippen LogP contribution < -0.4 is 9.47 Å². The smallest absolute Gasteiger partial charge is 0.127 e. The van der Waals surface area contributed by atoms with Gasteiger partial charge < -0.3 is 9.47 Å². The lowest BCUT2D eigenvalue weighted by Gasteiger charge is -2.11. The molecule has 80 valence electrons. The Morgan fingerprint density at radius 3 is 1.62 bits per heavy atom. The third-order valence-electron chi connectivity index (χ3n) is 2.38. The minimum atomic E-state index is 0.784. The minimum Gasteiger partial charge on any atom is -0.496 e. The second-order valence-corrected chi connectivity index (χ2v) is 3.25. The lowest BCUT2D eigenvalue weighted by molar-refractivity contribution is 0.410. The number of hydrogen-bond acceptors (Lipinski definition) is 2. The van der Waals surface area contributed by atoms with E-state index >= 15 is 0 Å². The van der Waals surface area contributed by atoms with Gasteiger partial charge in [0.2, 0.25) is 0 Å². The van der Waals surface area contributed by atoms with Gasteiger partial charge >= 0.3 is 0 Å². The molecule has 0 amide bonds. The van der Waals surface area contributed by atoms with Gasteiger partial charge in [-0.2, -0.15) is 0 Å². The lowest BCUT2D eigenvalue weighted by Crippen LogP contribution is -1.91. The van der Waals surface area contributed by atoms with Crippen LogP contribution in [0.25, 0.3) is 11.1 Å². The van der Waals surface area contributed by atoms with Gasteiger partial charge in [0.05, 0.1) is 14.2 Å². The third kappa shape index (κ3) is 1.87. The monoisotopic (exact) mass is 212 g/mol. The normalized spacial score (nSPS) is 9.88. The highest BCUT2D eigenvalue weighted by Crippen LogP contribution is 2.35. The van der Waals surface area contributed by atoms with E-state index in [4.69, 9.17) is 9.47 Å². The van der Waals surface area contributed by atoms with Gasteiger partial charge in [0, 0.05) is 11.1 Å². The van der Waals surface area contributed by atoms with Crippen LogP contribution in [0.2, 0.25) is 0 Å². The summed E-state index contributed by atoms with van der Waals surface area (Å²) in [5.74, 6) is 1.57. The molecule has 0 N–H and O–H groups in total. The highest BCUT2D eigenvalue weighted by Gasteiger charge is 2.09. The second kappa shape index (κ2) is 4.71. The first-order valence-electron chi connectivity index (χ1n) is 4.95. The van der Waals surface area contributed by atoms with Crippen LogP contribution in [0.1, 0.15) is 0 Å². The van der Waals surface area contributed by atoms with Crippen molar-refractivity contribution in [3.63, 3.8) is 0 Å². The third-order valence-corrected chi connectivity index (χ3v) is 2.38. The summed E-state index contributed by atoms with van der Waals surface area (Å²) >= 11 is 0. The number of rotatable bonds is 3. The Kier molecular flexibility index (Phi) is 3.10. The molecular weight excluding hydrogens is 200 g/mol. The Bertz CT molecular complexity index is 432. The van der Waals surface area contributed by atoms with Gasteiger partial charge in [-0.15, -0.1) is 0 Å². The van der Waals surface area contributed by atoms with Crippen LogP contribution in [0.5, 0.6) is 11.5 Å². The summed E-state index contributed by atoms with van der Waals surface area (Å²) in [6, 6.07) is 17.2. The van der Waals surface area contributed by atoms with Crippen LogP contribution in [0.3, 0.4) is 0 Å². The summed E-state index contributed by atoms with van der Waals surface area (Å²) < 4.78 is 10.6. The number of benzene rings is 2. The molecule has 2 heteroatoms. The average molecular weight is 212 g/mol. The van der Waals surface area contributed by atoms with E-state index < -0.39 is 0 Å². The van der Waals surface area contributed by atoms with E-state index in [1.54, 1.807) is 14.2 Å². The average Bonchev–Trinajstić information content (AvgIpc) is 2.38. The number of methoxy groups -OCH3 is 2. The highest BCUT2D eigenvalue weighted by atomic mass is 16.5. The second-order valence-electron chi connectivity index (χ2n) is 3.25. The molecule has 0 aliphatic rings. The first kappa shape index (κ1) is 10.6. The molecule has 2 rings (SSSR count). The predicted octanol–water partition coefficient (Wildman–Crippen LogP) is 2.97. The number of ether oxygens (including phenoxy) is 2. The van der Waals surface area contributed by atoms with E-state index in [9.17, 15) is 0 Å². The van der Waals surface area contributed by atoms with Gasteiger partial charge in [-0.3, -0.25) is 0 Å². The van der Waals surface area contributed by atoms with Crippen molar-refractivity contribution in [2.24, 2.45) is 0 Å². The van der Waals surface area contributed by atoms with Crippen molar-refractivity contribution in [3.05, 3.63) is 48.5 Å². The maximum absolute atomic E-state index is 5.30. The van der Waals surface area contributed by atoms with Gasteiger partial charge in [0.1, 0.15) is 11.5 Å². The Labute approximate surface area is 95.4 Å². The van der Waals surface area contributed by atoms with Crippen LogP contribution in [0, 0.1) is 12.1 Å². The minimum absolute atomic E-state index is 0.784. The molecule has 0 aliphatic carbocycles. The maximum atomic E-state index is 5.30. The standard InChI is InChI=1S/C14H12O2/c1-15-13-9-5-3-7-11(13)12-8-4-6-10-14(12)16-2/h3-4,7-10H,1-2H3. The summed E-state index contributed by atoms with van der Waals surface area (Å²) in [7, 11) is 3.29. The molecule has 16 heavy (non-hydrogen) atoms. The van der Waals surface area contributed by atoms with Crippen molar-refractivity contribution in [1.29, 1.82) is 0 Å². The van der Waals surface area contributed by atoms with E-state index in [0.717, 1.165) is 22.6 Å². The van der Waals surface area contributed by atoms with Crippen molar-refractivity contribution in [3.8, 4) is 22.6 Å². The van der Waals surface area contributed by atoms with Crippen molar-refractivity contribution >= 4 is 0 Å². The molecule has 0 spiro atoms. The molecule has 0 unspecified atom stereocenters. The van der Waals surface area contributed by atoms with E-state index in [-0.39, 0.29) is 0 Å². The first-order chi connectivity index (χ1) is 7.86. The van der Waals surface area contributed by atoms with Gasteiger partial charge in [-0.1, -0.05) is 12.1 Å². The van der Waals surface area contributed by atoms with Gasteiger partial charge in [-0.05, 0) is 36.4 Å². The Morgan fingerprint density at radius 1 is 0.812 bits per heavy atom. The van der Waals surface area contributed by atoms with Gasteiger partial charge in [-0.25, -0.2) is 0 Å². The molecule has 0 heterocycles. The fraction of sp³-hybridized carbons (Fsp3) is 0.143. The molecule has 0 aromatic heterocycles. The molecule has 2 aromatic rings. The fourth-order valence-electron chi connectivity index (χ4n) is 1.61. The van der Waals surface area contributed by atoms with Crippen LogP contribution in [0.15, 0.2) is 36.4 Å². The lowest BCUT2D eigenvalue weighted by atomic mass is 10.0. The van der Waals surface area contributed by atoms with Crippen molar-refractivity contribution in [1.82, 2.24) is 0 Å². The molecular formula is C14H12O2. The molecule has 0 atom stereocenters. The van der Waals surface area contributed by atoms with Crippen molar-refractivity contribution < 1.29 is 9.47 Å². The van der Waals surface area contributed by atoms with E-state index in [1.165, 1.54) is 0 Å². The zero-order valence-corrected chi connectivity index (χ0v) is 9.28. The SMILES string of the molecule is COc1c[c]ccc1-c1cc[c]cc1OC. The van der Waals surface area contributed by atoms with Crippen LogP contribution >= 0.6 is 0 Å². The molecule has 2 nitrogen and oxygen atoms in total. The van der Waals surface area contributed by atoms with Gasteiger partial charge in [0.15, 0.2) is 0 Å². The van der Waals surface area contributed by atoms with Crippen molar-refractivity contribution in [2.45, 2.75) is 0 Å². The quantitative estimate of drug-likeness (QED) is 0.778. The summed E-state index contributed by atoms with van der Waals surface area (Å²) in [6.07, 6.45) is 0. The summed E-state index contributed by atoms with van der Waals surface area (Å²) in [4.78, 5) is 0. The summed E-state index contributed by atoms with van der Waals surface area (Å²) in [6.45, 7) is 0. The Balaban J connectivity index is 2.58. The van der Waals surface area contributed by atoms with Crippen LogP contribution in [-0.4, -0.2) is 14.2 Å². The fourth-order valence-corrected chi connectivity index (χ4v) is 1.61. The Morgan fingerprint density at radius 2 is 1.25 bits per heavy atom. The highest BCUT2D eigenvalue weighted by molar-refractivity contribution is 5.75. The van der Waals surface area contributed by atoms with Crippen molar-refractivity contribution in [2.75, 3.05) is 14.2 Å². The first-order valence-corrected chi connectivity index (χ1v) is 4.95. The molecule has 0 fully saturated rings. The topological polar surface area (TPSA) is 18.5 Å². The van der Waals surface area contributed by atoms with E-state index in [1.807, 2.05) is 36.4 Å². The molecule has 0 saturated carbocycles. The molecule has 2 aromatic carbocycles. The number of hydrogen-bond donors (Lipinski definition) is 0. The molecule has 0 saturated heterocycles. The van der Waals surface area contributed by atoms with Gasteiger partial charge in [0.25, 0.3) is 0 Å². The largest absolute Gasteiger partial charge is 0.496 e. The molecule has 0 aliphatic heterocycles. The zero-order chi connectivity index (χ0) is 11.4. The predicted molar refractivity (Wildman–Crippen MR) is 62.7 cm³/mol. The summed E-state index contributed by atoms with van der Waals surface area (Å²) in [5, 5.41) is 0. The zero-order valence-electron chi connectivity index (χ0n) is 9.28. The summed E-state index contributed by atoms with van der Waals surface area (Å²) in [5.41, 5.74) is 1.99. The Hall–Kier alpha value is -1.96. The van der Waals surface area contributed by atoms with Crippen LogP contribution in [0.4, 0.5) is 0 Å². The molecule has 0 bridgehead atoms. The maximum Gasteiger partial charge on any atom is 0.127 e. The molecule has 2 radical (unpaired) electrons. The van der Waals surface area contributed by atoms with E-state index in [0.29, 0.717) is 0 Å².